The van der Waals surface area contributed by atoms with E-state index in [1.54, 1.807) is 0 Å². The molecule has 0 aliphatic rings. The van der Waals surface area contributed by atoms with Crippen molar-refractivity contribution >= 4 is 38.4 Å². The van der Waals surface area contributed by atoms with E-state index >= 15 is 0 Å². The van der Waals surface area contributed by atoms with Crippen molar-refractivity contribution in [1.29, 1.82) is 0 Å². The van der Waals surface area contributed by atoms with Crippen LogP contribution < -0.4 is 5.32 Å². The van der Waals surface area contributed by atoms with Crippen molar-refractivity contribution in [1.82, 2.24) is 4.98 Å². The zero-order valence-corrected chi connectivity index (χ0v) is 18.2. The second-order valence-corrected chi connectivity index (χ2v) is 8.18. The smallest absolute Gasteiger partial charge is 0.256 e. The van der Waals surface area contributed by atoms with Gasteiger partial charge in [-0.15, -0.1) is 0 Å². The second-order valence-electron chi connectivity index (χ2n) is 7.33. The van der Waals surface area contributed by atoms with Crippen LogP contribution in [0, 0.1) is 20.8 Å². The number of hydrogen-bond donors (Lipinski definition) is 1. The van der Waals surface area contributed by atoms with Crippen LogP contribution >= 0.6 is 15.9 Å². The fourth-order valence-corrected chi connectivity index (χ4v) is 4.11. The van der Waals surface area contributed by atoms with E-state index in [9.17, 15) is 4.79 Å². The minimum atomic E-state index is -0.154. The molecule has 1 N–H and O–H groups in total. The summed E-state index contributed by atoms with van der Waals surface area (Å²) in [4.78, 5) is 18.1. The molecule has 29 heavy (non-hydrogen) atoms. The van der Waals surface area contributed by atoms with Crippen LogP contribution in [0.2, 0.25) is 0 Å². The minimum absolute atomic E-state index is 0.154. The average Bonchev–Trinajstić information content (AvgIpc) is 2.69. The number of fused-ring (bicyclic) bond motifs is 1. The number of nitrogens with one attached hydrogen (secondary N) is 1. The molecule has 0 spiro atoms. The maximum absolute atomic E-state index is 13.2. The van der Waals surface area contributed by atoms with Crippen LogP contribution in [0.25, 0.3) is 22.2 Å². The van der Waals surface area contributed by atoms with Crippen LogP contribution in [-0.4, -0.2) is 10.9 Å². The lowest BCUT2D eigenvalue weighted by Crippen LogP contribution is -2.13. The average molecular weight is 445 g/mol. The van der Waals surface area contributed by atoms with Crippen molar-refractivity contribution in [3.63, 3.8) is 0 Å². The third-order valence-electron chi connectivity index (χ3n) is 4.99. The van der Waals surface area contributed by atoms with E-state index in [2.05, 4.69) is 53.3 Å². The Bertz CT molecular complexity index is 1250. The van der Waals surface area contributed by atoms with Gasteiger partial charge in [0.2, 0.25) is 0 Å². The lowest BCUT2D eigenvalue weighted by Gasteiger charge is -2.13. The highest BCUT2D eigenvalue weighted by Gasteiger charge is 2.16. The summed E-state index contributed by atoms with van der Waals surface area (Å²) >= 11 is 3.54. The van der Waals surface area contributed by atoms with Crippen LogP contribution in [0.15, 0.2) is 71.2 Å². The van der Waals surface area contributed by atoms with E-state index in [0.717, 1.165) is 43.4 Å². The van der Waals surface area contributed by atoms with Crippen LogP contribution in [0.1, 0.15) is 27.0 Å². The van der Waals surface area contributed by atoms with Gasteiger partial charge in [0.1, 0.15) is 0 Å². The number of carbonyl (C=O) groups excluding carboxylic acids is 1. The number of hydrogen-bond acceptors (Lipinski definition) is 2. The normalized spacial score (nSPS) is 10.9. The molecule has 4 aromatic rings. The number of carbonyl (C=O) groups is 1. The monoisotopic (exact) mass is 444 g/mol. The Labute approximate surface area is 178 Å². The Morgan fingerprint density at radius 1 is 0.897 bits per heavy atom. The number of aryl methyl sites for hydroxylation is 3. The predicted octanol–water partition coefficient (Wildman–Crippen LogP) is 6.84. The minimum Gasteiger partial charge on any atom is -0.321 e. The number of benzene rings is 3. The first-order valence-corrected chi connectivity index (χ1v) is 10.3. The third kappa shape index (κ3) is 3.94. The fraction of sp³-hybridized carbons (Fsp3) is 0.120. The molecule has 3 nitrogen and oxygen atoms in total. The molecule has 0 unspecified atom stereocenters. The molecule has 0 aliphatic carbocycles. The van der Waals surface area contributed by atoms with Gasteiger partial charge in [0.15, 0.2) is 0 Å². The molecular formula is C25H21BrN2O. The SMILES string of the molecule is Cc1ccc(-c2cc(C(=O)Nc3ccc(C)cc3Br)c3ccccc3n2)c(C)c1. The molecule has 4 heteroatoms. The number of halogens is 1. The maximum atomic E-state index is 13.2. The highest BCUT2D eigenvalue weighted by Crippen LogP contribution is 2.29. The molecule has 0 bridgehead atoms. The van der Waals surface area contributed by atoms with Crippen molar-refractivity contribution < 1.29 is 4.79 Å². The molecule has 1 heterocycles. The molecule has 0 aliphatic heterocycles. The van der Waals surface area contributed by atoms with Gasteiger partial charge in [-0.25, -0.2) is 4.98 Å². The number of para-hydroxylation sites is 1. The zero-order valence-electron chi connectivity index (χ0n) is 16.6. The summed E-state index contributed by atoms with van der Waals surface area (Å²) < 4.78 is 0.860. The van der Waals surface area contributed by atoms with E-state index in [1.165, 1.54) is 5.56 Å². The van der Waals surface area contributed by atoms with Gasteiger partial charge in [-0.3, -0.25) is 4.79 Å². The Hall–Kier alpha value is -2.98. The molecule has 0 saturated carbocycles. The van der Waals surface area contributed by atoms with Gasteiger partial charge in [0.25, 0.3) is 5.91 Å². The van der Waals surface area contributed by atoms with E-state index in [1.807, 2.05) is 55.5 Å². The summed E-state index contributed by atoms with van der Waals surface area (Å²) in [5.41, 5.74) is 7.46. The largest absolute Gasteiger partial charge is 0.321 e. The lowest BCUT2D eigenvalue weighted by atomic mass is 9.99. The van der Waals surface area contributed by atoms with E-state index < -0.39 is 0 Å². The standard InChI is InChI=1S/C25H21BrN2O/c1-15-8-10-18(17(3)12-15)24-14-20(19-6-4-5-7-22(19)27-24)25(29)28-23-11-9-16(2)13-21(23)26/h4-14H,1-3H3,(H,28,29). The van der Waals surface area contributed by atoms with Crippen LogP contribution in [0.4, 0.5) is 5.69 Å². The summed E-state index contributed by atoms with van der Waals surface area (Å²) in [7, 11) is 0. The molecule has 4 rings (SSSR count). The number of pyridine rings is 1. The first-order valence-electron chi connectivity index (χ1n) is 9.47. The Kier molecular flexibility index (Phi) is 5.20. The highest BCUT2D eigenvalue weighted by atomic mass is 79.9. The van der Waals surface area contributed by atoms with Gasteiger partial charge in [-0.05, 0) is 72.1 Å². The Balaban J connectivity index is 1.83. The van der Waals surface area contributed by atoms with Crippen molar-refractivity contribution in [2.45, 2.75) is 20.8 Å². The van der Waals surface area contributed by atoms with Gasteiger partial charge in [0.05, 0.1) is 22.5 Å². The Morgan fingerprint density at radius 2 is 1.62 bits per heavy atom. The molecule has 0 atom stereocenters. The zero-order chi connectivity index (χ0) is 20.5. The summed E-state index contributed by atoms with van der Waals surface area (Å²) in [6.07, 6.45) is 0. The van der Waals surface area contributed by atoms with Crippen LogP contribution in [-0.2, 0) is 0 Å². The van der Waals surface area contributed by atoms with Crippen molar-refractivity contribution in [2.75, 3.05) is 5.32 Å². The molecule has 3 aromatic carbocycles. The van der Waals surface area contributed by atoms with E-state index in [4.69, 9.17) is 4.98 Å². The van der Waals surface area contributed by atoms with Gasteiger partial charge in [0, 0.05) is 15.4 Å². The fourth-order valence-electron chi connectivity index (χ4n) is 3.51. The molecule has 0 radical (unpaired) electrons. The van der Waals surface area contributed by atoms with Crippen molar-refractivity contribution in [3.05, 3.63) is 93.5 Å². The van der Waals surface area contributed by atoms with E-state index in [0.29, 0.717) is 5.56 Å². The second kappa shape index (κ2) is 7.80. The number of anilines is 1. The molecule has 0 saturated heterocycles. The summed E-state index contributed by atoms with van der Waals surface area (Å²) in [6.45, 7) is 6.16. The first kappa shape index (κ1) is 19.3. The summed E-state index contributed by atoms with van der Waals surface area (Å²) in [5.74, 6) is -0.154. The van der Waals surface area contributed by atoms with Gasteiger partial charge in [-0.1, -0.05) is 48.0 Å². The molecule has 1 aromatic heterocycles. The topological polar surface area (TPSA) is 42.0 Å². The van der Waals surface area contributed by atoms with Gasteiger partial charge in [-0.2, -0.15) is 0 Å². The molecule has 1 amide bonds. The van der Waals surface area contributed by atoms with E-state index in [-0.39, 0.29) is 5.91 Å². The number of aromatic nitrogens is 1. The van der Waals surface area contributed by atoms with Gasteiger partial charge >= 0.3 is 0 Å². The highest BCUT2D eigenvalue weighted by molar-refractivity contribution is 9.10. The molecule has 144 valence electrons. The van der Waals surface area contributed by atoms with Crippen LogP contribution in [0.5, 0.6) is 0 Å². The molecular weight excluding hydrogens is 424 g/mol. The number of amides is 1. The maximum Gasteiger partial charge on any atom is 0.256 e. The summed E-state index contributed by atoms with van der Waals surface area (Å²) in [5, 5.41) is 3.87. The quantitative estimate of drug-likeness (QED) is 0.375. The number of nitrogens with zero attached hydrogens (tertiary/aromatic N) is 1. The lowest BCUT2D eigenvalue weighted by molar-refractivity contribution is 0.102. The van der Waals surface area contributed by atoms with Crippen LogP contribution in [0.3, 0.4) is 0 Å². The first-order chi connectivity index (χ1) is 13.9. The Morgan fingerprint density at radius 3 is 2.38 bits per heavy atom. The summed E-state index contributed by atoms with van der Waals surface area (Å²) in [6, 6.07) is 21.8. The predicted molar refractivity (Wildman–Crippen MR) is 123 cm³/mol. The molecule has 0 fully saturated rings. The van der Waals surface area contributed by atoms with Gasteiger partial charge < -0.3 is 5.32 Å². The number of rotatable bonds is 3. The third-order valence-corrected chi connectivity index (χ3v) is 5.65. The van der Waals surface area contributed by atoms with Crippen molar-refractivity contribution in [3.8, 4) is 11.3 Å². The van der Waals surface area contributed by atoms with Crippen molar-refractivity contribution in [2.24, 2.45) is 0 Å².